The van der Waals surface area contributed by atoms with Crippen molar-refractivity contribution >= 4 is 16.5 Å². The van der Waals surface area contributed by atoms with E-state index in [4.69, 9.17) is 0 Å². The zero-order chi connectivity index (χ0) is 14.2. The SMILES string of the molecule is Cc1csc(N2CCC(NC(C)(CO)C3CC3)CC2)n1. The summed E-state index contributed by atoms with van der Waals surface area (Å²) in [4.78, 5) is 6.96. The lowest BCUT2D eigenvalue weighted by atomic mass is 9.93. The van der Waals surface area contributed by atoms with E-state index >= 15 is 0 Å². The van der Waals surface area contributed by atoms with E-state index in [1.165, 1.54) is 12.8 Å². The van der Waals surface area contributed by atoms with E-state index in [9.17, 15) is 5.11 Å². The third-order valence-electron chi connectivity index (χ3n) is 4.71. The molecule has 5 heteroatoms. The molecule has 1 saturated carbocycles. The molecule has 2 heterocycles. The number of rotatable bonds is 5. The highest BCUT2D eigenvalue weighted by molar-refractivity contribution is 7.13. The monoisotopic (exact) mass is 295 g/mol. The molecular formula is C15H25N3OS. The number of nitrogens with one attached hydrogen (secondary N) is 1. The molecule has 1 aromatic heterocycles. The lowest BCUT2D eigenvalue weighted by molar-refractivity contribution is 0.135. The van der Waals surface area contributed by atoms with Crippen molar-refractivity contribution in [2.45, 2.75) is 51.1 Å². The first-order valence-corrected chi connectivity index (χ1v) is 8.54. The predicted molar refractivity (Wildman–Crippen MR) is 83.4 cm³/mol. The van der Waals surface area contributed by atoms with Gasteiger partial charge in [0, 0.05) is 30.1 Å². The van der Waals surface area contributed by atoms with Gasteiger partial charge in [0.15, 0.2) is 5.13 Å². The van der Waals surface area contributed by atoms with Gasteiger partial charge in [-0.1, -0.05) is 0 Å². The Morgan fingerprint density at radius 3 is 2.60 bits per heavy atom. The summed E-state index contributed by atoms with van der Waals surface area (Å²) in [6, 6.07) is 0.532. The van der Waals surface area contributed by atoms with Crippen LogP contribution in [0.2, 0.25) is 0 Å². The molecule has 0 radical (unpaired) electrons. The summed E-state index contributed by atoms with van der Waals surface area (Å²) < 4.78 is 0. The van der Waals surface area contributed by atoms with Gasteiger partial charge in [-0.3, -0.25) is 0 Å². The van der Waals surface area contributed by atoms with Gasteiger partial charge in [-0.05, 0) is 45.4 Å². The molecule has 2 N–H and O–H groups in total. The molecule has 112 valence electrons. The van der Waals surface area contributed by atoms with Crippen molar-refractivity contribution in [3.63, 3.8) is 0 Å². The van der Waals surface area contributed by atoms with Crippen LogP contribution in [0, 0.1) is 12.8 Å². The molecule has 0 aromatic carbocycles. The van der Waals surface area contributed by atoms with Gasteiger partial charge in [0.25, 0.3) is 0 Å². The number of piperidine rings is 1. The van der Waals surface area contributed by atoms with E-state index in [2.05, 4.69) is 34.4 Å². The number of anilines is 1. The van der Waals surface area contributed by atoms with E-state index in [-0.39, 0.29) is 12.1 Å². The molecule has 2 aliphatic rings. The fourth-order valence-electron chi connectivity index (χ4n) is 3.18. The Hall–Kier alpha value is -0.650. The fraction of sp³-hybridized carbons (Fsp3) is 0.800. The maximum atomic E-state index is 9.68. The first kappa shape index (κ1) is 14.3. The van der Waals surface area contributed by atoms with Crippen molar-refractivity contribution < 1.29 is 5.11 Å². The molecule has 1 aliphatic heterocycles. The zero-order valence-electron chi connectivity index (χ0n) is 12.4. The highest BCUT2D eigenvalue weighted by atomic mass is 32.1. The van der Waals surface area contributed by atoms with E-state index in [0.29, 0.717) is 12.0 Å². The Morgan fingerprint density at radius 1 is 1.40 bits per heavy atom. The normalized spacial score (nSPS) is 23.9. The Balaban J connectivity index is 1.53. The predicted octanol–water partition coefficient (Wildman–Crippen LogP) is 2.17. The number of aliphatic hydroxyl groups is 1. The van der Waals surface area contributed by atoms with Gasteiger partial charge < -0.3 is 15.3 Å². The molecule has 1 unspecified atom stereocenters. The lowest BCUT2D eigenvalue weighted by Gasteiger charge is -2.38. The van der Waals surface area contributed by atoms with Crippen LogP contribution in [0.4, 0.5) is 5.13 Å². The van der Waals surface area contributed by atoms with E-state index < -0.39 is 0 Å². The van der Waals surface area contributed by atoms with Crippen molar-refractivity contribution in [1.29, 1.82) is 0 Å². The molecule has 1 saturated heterocycles. The van der Waals surface area contributed by atoms with Gasteiger partial charge in [-0.15, -0.1) is 11.3 Å². The Labute approximate surface area is 125 Å². The number of aliphatic hydroxyl groups excluding tert-OH is 1. The maximum Gasteiger partial charge on any atom is 0.185 e. The van der Waals surface area contributed by atoms with Crippen molar-refractivity contribution in [1.82, 2.24) is 10.3 Å². The zero-order valence-corrected chi connectivity index (χ0v) is 13.2. The summed E-state index contributed by atoms with van der Waals surface area (Å²) in [7, 11) is 0. The smallest absolute Gasteiger partial charge is 0.185 e. The molecule has 1 atom stereocenters. The van der Waals surface area contributed by atoms with Gasteiger partial charge in [0.05, 0.1) is 12.3 Å². The van der Waals surface area contributed by atoms with Crippen LogP contribution in [0.5, 0.6) is 0 Å². The minimum Gasteiger partial charge on any atom is -0.394 e. The largest absolute Gasteiger partial charge is 0.394 e. The number of hydrogen-bond acceptors (Lipinski definition) is 5. The van der Waals surface area contributed by atoms with E-state index in [1.807, 2.05) is 0 Å². The van der Waals surface area contributed by atoms with Crippen molar-refractivity contribution in [3.05, 3.63) is 11.1 Å². The maximum absolute atomic E-state index is 9.68. The summed E-state index contributed by atoms with van der Waals surface area (Å²) in [5.74, 6) is 0.673. The second kappa shape index (κ2) is 5.62. The second-order valence-electron chi connectivity index (χ2n) is 6.53. The molecule has 0 bridgehead atoms. The summed E-state index contributed by atoms with van der Waals surface area (Å²) in [6.45, 7) is 6.62. The number of aromatic nitrogens is 1. The van der Waals surface area contributed by atoms with Crippen LogP contribution >= 0.6 is 11.3 Å². The molecular weight excluding hydrogens is 270 g/mol. The lowest BCUT2D eigenvalue weighted by Crippen LogP contribution is -2.55. The van der Waals surface area contributed by atoms with Crippen LogP contribution < -0.4 is 10.2 Å². The third kappa shape index (κ3) is 3.00. The molecule has 0 amide bonds. The fourth-order valence-corrected chi connectivity index (χ4v) is 4.04. The van der Waals surface area contributed by atoms with Crippen LogP contribution in [-0.2, 0) is 0 Å². The number of nitrogens with zero attached hydrogens (tertiary/aromatic N) is 2. The number of thiazole rings is 1. The van der Waals surface area contributed by atoms with E-state index in [1.54, 1.807) is 11.3 Å². The van der Waals surface area contributed by atoms with Crippen LogP contribution in [-0.4, -0.2) is 41.4 Å². The van der Waals surface area contributed by atoms with Crippen LogP contribution in [0.3, 0.4) is 0 Å². The van der Waals surface area contributed by atoms with Crippen molar-refractivity contribution in [2.75, 3.05) is 24.6 Å². The Bertz CT molecular complexity index is 452. The quantitative estimate of drug-likeness (QED) is 0.874. The molecule has 1 aromatic rings. The minimum atomic E-state index is -0.0649. The summed E-state index contributed by atoms with van der Waals surface area (Å²) >= 11 is 1.74. The average molecular weight is 295 g/mol. The molecule has 3 rings (SSSR count). The van der Waals surface area contributed by atoms with Crippen molar-refractivity contribution in [2.24, 2.45) is 5.92 Å². The highest BCUT2D eigenvalue weighted by Gasteiger charge is 2.42. The first-order chi connectivity index (χ1) is 9.60. The van der Waals surface area contributed by atoms with Gasteiger partial charge in [-0.2, -0.15) is 0 Å². The summed E-state index contributed by atoms with van der Waals surface area (Å²) in [6.07, 6.45) is 4.81. The first-order valence-electron chi connectivity index (χ1n) is 7.66. The van der Waals surface area contributed by atoms with E-state index in [0.717, 1.165) is 36.8 Å². The van der Waals surface area contributed by atoms with Gasteiger partial charge in [0.2, 0.25) is 0 Å². The number of hydrogen-bond donors (Lipinski definition) is 2. The molecule has 1 aliphatic carbocycles. The second-order valence-corrected chi connectivity index (χ2v) is 7.36. The highest BCUT2D eigenvalue weighted by Crippen LogP contribution is 2.40. The molecule has 2 fully saturated rings. The summed E-state index contributed by atoms with van der Waals surface area (Å²) in [5, 5.41) is 16.7. The van der Waals surface area contributed by atoms with Gasteiger partial charge in [0.1, 0.15) is 0 Å². The Kier molecular flexibility index (Phi) is 4.02. The standard InChI is InChI=1S/C15H25N3OS/c1-11-9-20-14(16-11)18-7-5-13(6-8-18)17-15(2,10-19)12-3-4-12/h9,12-13,17,19H,3-8,10H2,1-2H3. The third-order valence-corrected chi connectivity index (χ3v) is 5.73. The van der Waals surface area contributed by atoms with Crippen molar-refractivity contribution in [3.8, 4) is 0 Å². The molecule has 20 heavy (non-hydrogen) atoms. The Morgan fingerprint density at radius 2 is 2.10 bits per heavy atom. The van der Waals surface area contributed by atoms with Crippen LogP contribution in [0.25, 0.3) is 0 Å². The minimum absolute atomic E-state index is 0.0649. The average Bonchev–Trinajstić information content (AvgIpc) is 3.23. The topological polar surface area (TPSA) is 48.4 Å². The van der Waals surface area contributed by atoms with Gasteiger partial charge in [-0.25, -0.2) is 4.98 Å². The van der Waals surface area contributed by atoms with Crippen LogP contribution in [0.15, 0.2) is 5.38 Å². The number of aryl methyl sites for hydroxylation is 1. The molecule has 0 spiro atoms. The van der Waals surface area contributed by atoms with Gasteiger partial charge >= 0.3 is 0 Å². The van der Waals surface area contributed by atoms with Crippen LogP contribution in [0.1, 0.15) is 38.3 Å². The summed E-state index contributed by atoms with van der Waals surface area (Å²) in [5.41, 5.74) is 1.05. The molecule has 4 nitrogen and oxygen atoms in total.